The van der Waals surface area contributed by atoms with E-state index in [0.29, 0.717) is 40.7 Å². The number of rotatable bonds is 8. The second-order valence-corrected chi connectivity index (χ2v) is 9.77. The van der Waals surface area contributed by atoms with Crippen molar-refractivity contribution in [2.45, 2.75) is 70.4 Å². The average Bonchev–Trinajstić information content (AvgIpc) is 3.12. The Hall–Kier alpha value is -2.32. The minimum absolute atomic E-state index is 0.402. The van der Waals surface area contributed by atoms with Gasteiger partial charge in [-0.3, -0.25) is 0 Å². The van der Waals surface area contributed by atoms with Crippen molar-refractivity contribution in [3.05, 3.63) is 23.2 Å². The van der Waals surface area contributed by atoms with Gasteiger partial charge in [0.15, 0.2) is 0 Å². The van der Waals surface area contributed by atoms with E-state index in [1.165, 1.54) is 25.7 Å². The molecule has 8 nitrogen and oxygen atoms in total. The molecule has 9 heteroatoms. The molecular weight excluding hydrogens is 450 g/mol. The number of piperidine rings is 1. The van der Waals surface area contributed by atoms with Gasteiger partial charge in [0.2, 0.25) is 17.8 Å². The van der Waals surface area contributed by atoms with E-state index in [0.717, 1.165) is 51.0 Å². The molecule has 2 heterocycles. The van der Waals surface area contributed by atoms with Crippen LogP contribution in [0.2, 0.25) is 5.02 Å². The normalized spacial score (nSPS) is 18.4. The standard InChI is InChI=1S/C25H38ClN7O/c1-4-33-15-13-20(14-16-33)32(2)25-30-23(27-18-9-7-5-6-8-10-18)29-24(31-25)28-19-11-12-22(34-3)21(26)17-19/h11-12,17-18,20H,4-10,13-16H2,1-3H3,(H2,27,28,29,30,31). The summed E-state index contributed by atoms with van der Waals surface area (Å²) in [6.45, 7) is 5.55. The van der Waals surface area contributed by atoms with Gasteiger partial charge in [-0.2, -0.15) is 15.0 Å². The highest BCUT2D eigenvalue weighted by Gasteiger charge is 2.25. The number of benzene rings is 1. The molecule has 1 saturated carbocycles. The van der Waals surface area contributed by atoms with Gasteiger partial charge in [-0.05, 0) is 50.4 Å². The third kappa shape index (κ3) is 6.42. The number of ether oxygens (including phenoxy) is 1. The summed E-state index contributed by atoms with van der Waals surface area (Å²) in [5, 5.41) is 7.47. The average molecular weight is 488 g/mol. The minimum Gasteiger partial charge on any atom is -0.495 e. The van der Waals surface area contributed by atoms with Crippen LogP contribution in [-0.4, -0.2) is 65.7 Å². The van der Waals surface area contributed by atoms with E-state index in [4.69, 9.17) is 31.3 Å². The fourth-order valence-corrected chi connectivity index (χ4v) is 5.17. The van der Waals surface area contributed by atoms with Crippen molar-refractivity contribution >= 4 is 35.1 Å². The fourth-order valence-electron chi connectivity index (χ4n) is 4.91. The molecule has 1 aliphatic heterocycles. The van der Waals surface area contributed by atoms with Gasteiger partial charge in [0.05, 0.1) is 12.1 Å². The van der Waals surface area contributed by atoms with Crippen molar-refractivity contribution in [2.75, 3.05) is 49.3 Å². The Kier molecular flexibility index (Phi) is 8.67. The van der Waals surface area contributed by atoms with E-state index in [2.05, 4.69) is 34.4 Å². The van der Waals surface area contributed by atoms with Crippen LogP contribution < -0.4 is 20.3 Å². The zero-order chi connectivity index (χ0) is 23.9. The molecule has 0 spiro atoms. The van der Waals surface area contributed by atoms with Crippen LogP contribution in [0.15, 0.2) is 18.2 Å². The third-order valence-corrected chi connectivity index (χ3v) is 7.38. The van der Waals surface area contributed by atoms with Crippen molar-refractivity contribution in [2.24, 2.45) is 0 Å². The Bertz CT molecular complexity index is 927. The van der Waals surface area contributed by atoms with Gasteiger partial charge in [0.1, 0.15) is 5.75 Å². The maximum Gasteiger partial charge on any atom is 0.233 e. The molecule has 1 aromatic carbocycles. The molecule has 0 unspecified atom stereocenters. The molecule has 0 radical (unpaired) electrons. The Morgan fingerprint density at radius 3 is 2.38 bits per heavy atom. The molecule has 0 bridgehead atoms. The monoisotopic (exact) mass is 487 g/mol. The Morgan fingerprint density at radius 2 is 1.74 bits per heavy atom. The number of nitrogens with one attached hydrogen (secondary N) is 2. The summed E-state index contributed by atoms with van der Waals surface area (Å²) in [7, 11) is 3.71. The summed E-state index contributed by atoms with van der Waals surface area (Å²) < 4.78 is 5.28. The van der Waals surface area contributed by atoms with Gasteiger partial charge >= 0.3 is 0 Å². The summed E-state index contributed by atoms with van der Waals surface area (Å²) >= 11 is 6.34. The van der Waals surface area contributed by atoms with Crippen LogP contribution >= 0.6 is 11.6 Å². The number of aromatic nitrogens is 3. The molecule has 2 N–H and O–H groups in total. The molecule has 186 valence electrons. The van der Waals surface area contributed by atoms with Crippen molar-refractivity contribution in [1.82, 2.24) is 19.9 Å². The van der Waals surface area contributed by atoms with Crippen molar-refractivity contribution in [3.8, 4) is 5.75 Å². The number of hydrogen-bond acceptors (Lipinski definition) is 8. The van der Waals surface area contributed by atoms with Gasteiger partial charge in [-0.25, -0.2) is 0 Å². The zero-order valence-electron chi connectivity index (χ0n) is 20.7. The van der Waals surface area contributed by atoms with Crippen molar-refractivity contribution < 1.29 is 4.74 Å². The smallest absolute Gasteiger partial charge is 0.233 e. The quantitative estimate of drug-likeness (QED) is 0.483. The molecule has 4 rings (SSSR count). The number of anilines is 4. The third-order valence-electron chi connectivity index (χ3n) is 7.09. The number of hydrogen-bond donors (Lipinski definition) is 2. The number of likely N-dealkylation sites (tertiary alicyclic amines) is 1. The molecule has 34 heavy (non-hydrogen) atoms. The van der Waals surface area contributed by atoms with Crippen molar-refractivity contribution in [3.63, 3.8) is 0 Å². The topological polar surface area (TPSA) is 78.4 Å². The van der Waals surface area contributed by atoms with Gasteiger partial charge < -0.3 is 25.2 Å². The summed E-state index contributed by atoms with van der Waals surface area (Å²) in [6.07, 6.45) is 9.65. The molecule has 1 aliphatic carbocycles. The Balaban J connectivity index is 1.57. The molecule has 1 saturated heterocycles. The second kappa shape index (κ2) is 11.9. The molecule has 0 amide bonds. The molecule has 2 aromatic rings. The highest BCUT2D eigenvalue weighted by molar-refractivity contribution is 6.32. The predicted molar refractivity (Wildman–Crippen MR) is 140 cm³/mol. The summed E-state index contributed by atoms with van der Waals surface area (Å²) in [6, 6.07) is 6.40. The van der Waals surface area contributed by atoms with Gasteiger partial charge in [0, 0.05) is 37.9 Å². The summed E-state index contributed by atoms with van der Waals surface area (Å²) in [5.41, 5.74) is 0.808. The highest BCUT2D eigenvalue weighted by Crippen LogP contribution is 2.29. The maximum atomic E-state index is 6.34. The van der Waals surface area contributed by atoms with Crippen LogP contribution in [0.3, 0.4) is 0 Å². The van der Waals surface area contributed by atoms with E-state index in [9.17, 15) is 0 Å². The van der Waals surface area contributed by atoms with Crippen LogP contribution in [0.25, 0.3) is 0 Å². The summed E-state index contributed by atoms with van der Waals surface area (Å²) in [4.78, 5) is 19.1. The maximum absolute atomic E-state index is 6.34. The number of methoxy groups -OCH3 is 1. The lowest BCUT2D eigenvalue weighted by atomic mass is 10.0. The number of halogens is 1. The van der Waals surface area contributed by atoms with E-state index >= 15 is 0 Å². The predicted octanol–water partition coefficient (Wildman–Crippen LogP) is 5.33. The van der Waals surface area contributed by atoms with E-state index in [1.807, 2.05) is 18.2 Å². The Morgan fingerprint density at radius 1 is 1.03 bits per heavy atom. The van der Waals surface area contributed by atoms with E-state index in [1.54, 1.807) is 7.11 Å². The molecule has 1 aromatic heterocycles. The van der Waals surface area contributed by atoms with Crippen LogP contribution in [0.1, 0.15) is 58.3 Å². The van der Waals surface area contributed by atoms with Crippen LogP contribution in [0.5, 0.6) is 5.75 Å². The van der Waals surface area contributed by atoms with Crippen LogP contribution in [-0.2, 0) is 0 Å². The Labute approximate surface area is 208 Å². The SMILES string of the molecule is CCN1CCC(N(C)c2nc(Nc3ccc(OC)c(Cl)c3)nc(NC3CCCCCC3)n2)CC1. The highest BCUT2D eigenvalue weighted by atomic mass is 35.5. The second-order valence-electron chi connectivity index (χ2n) is 9.37. The van der Waals surface area contributed by atoms with Crippen molar-refractivity contribution in [1.29, 1.82) is 0 Å². The van der Waals surface area contributed by atoms with Gasteiger partial charge in [-0.15, -0.1) is 0 Å². The lowest BCUT2D eigenvalue weighted by molar-refractivity contribution is 0.220. The van der Waals surface area contributed by atoms with Gasteiger partial charge in [0.25, 0.3) is 0 Å². The van der Waals surface area contributed by atoms with E-state index < -0.39 is 0 Å². The molecular formula is C25H38ClN7O. The van der Waals surface area contributed by atoms with Gasteiger partial charge in [-0.1, -0.05) is 44.2 Å². The van der Waals surface area contributed by atoms with Crippen LogP contribution in [0, 0.1) is 0 Å². The minimum atomic E-state index is 0.402. The first-order valence-corrected chi connectivity index (χ1v) is 13.0. The molecule has 2 aliphatic rings. The number of nitrogens with zero attached hydrogens (tertiary/aromatic N) is 5. The molecule has 0 atom stereocenters. The fraction of sp³-hybridized carbons (Fsp3) is 0.640. The first-order chi connectivity index (χ1) is 16.6. The van der Waals surface area contributed by atoms with Crippen LogP contribution in [0.4, 0.5) is 23.5 Å². The zero-order valence-corrected chi connectivity index (χ0v) is 21.4. The largest absolute Gasteiger partial charge is 0.495 e. The lowest BCUT2D eigenvalue weighted by Crippen LogP contribution is -2.44. The summed E-state index contributed by atoms with van der Waals surface area (Å²) in [5.74, 6) is 2.48. The first-order valence-electron chi connectivity index (χ1n) is 12.6. The first kappa shape index (κ1) is 24.8. The lowest BCUT2D eigenvalue weighted by Gasteiger charge is -2.36. The van der Waals surface area contributed by atoms with E-state index in [-0.39, 0.29) is 0 Å². The molecule has 2 fully saturated rings.